The van der Waals surface area contributed by atoms with Crippen LogP contribution in [0.5, 0.6) is 0 Å². The first kappa shape index (κ1) is 21.1. The van der Waals surface area contributed by atoms with Crippen LogP contribution in [0.4, 0.5) is 0 Å². The van der Waals surface area contributed by atoms with Crippen molar-refractivity contribution in [3.05, 3.63) is 72.1 Å². The predicted octanol–water partition coefficient (Wildman–Crippen LogP) is 3.54. The number of carbonyl (C=O) groups is 2. The number of hydrogen-bond donors (Lipinski definition) is 4. The molecule has 4 aromatic rings. The molecule has 8 heteroatoms. The van der Waals surface area contributed by atoms with E-state index < -0.39 is 0 Å². The maximum Gasteiger partial charge on any atom is 0.259 e. The first-order valence-electron chi connectivity index (χ1n) is 10.7. The number of nitrogens with one attached hydrogen (secondary N) is 3. The van der Waals surface area contributed by atoms with E-state index in [1.165, 1.54) is 0 Å². The van der Waals surface area contributed by atoms with E-state index in [0.29, 0.717) is 24.2 Å². The minimum atomic E-state index is -0.379. The lowest BCUT2D eigenvalue weighted by atomic mass is 9.95. The molecule has 0 atom stereocenters. The number of imide groups is 1. The van der Waals surface area contributed by atoms with Gasteiger partial charge in [-0.2, -0.15) is 0 Å². The van der Waals surface area contributed by atoms with E-state index in [-0.39, 0.29) is 17.0 Å². The molecule has 166 valence electrons. The van der Waals surface area contributed by atoms with Gasteiger partial charge in [-0.3, -0.25) is 20.3 Å². The Labute approximate surface area is 196 Å². The fourth-order valence-corrected chi connectivity index (χ4v) is 4.71. The zero-order chi connectivity index (χ0) is 23.1. The van der Waals surface area contributed by atoms with E-state index in [1.807, 2.05) is 72.5 Å². The Morgan fingerprint density at radius 3 is 2.18 bits per heavy atom. The smallest absolute Gasteiger partial charge is 0.259 e. The molecule has 0 radical (unpaired) electrons. The summed E-state index contributed by atoms with van der Waals surface area (Å²) in [6.45, 7) is 1.31. The second kappa shape index (κ2) is 8.29. The average molecular weight is 458 g/mol. The van der Waals surface area contributed by atoms with E-state index in [2.05, 4.69) is 27.8 Å². The van der Waals surface area contributed by atoms with Crippen LogP contribution >= 0.6 is 12.6 Å². The van der Waals surface area contributed by atoms with Gasteiger partial charge >= 0.3 is 0 Å². The Balaban J connectivity index is 1.67. The highest BCUT2D eigenvalue weighted by molar-refractivity contribution is 7.96. The Bertz CT molecular complexity index is 1480. The van der Waals surface area contributed by atoms with Crippen LogP contribution in [0, 0.1) is 5.41 Å². The summed E-state index contributed by atoms with van der Waals surface area (Å²) in [5.74, 6) is -0.754. The Kier molecular flexibility index (Phi) is 5.30. The highest BCUT2D eigenvalue weighted by atomic mass is 32.1. The summed E-state index contributed by atoms with van der Waals surface area (Å²) in [7, 11) is 1.94. The number of aryl methyl sites for hydroxylation is 2. The standard InChI is InChI=1S/C25H23N5O2S/c1-29-13-17(15-7-2-4-9-19(15)29)21-22(24(32)28-23(21)31)18-14-30(12-6-11-27-25(26)33)20-10-5-3-8-16(18)20/h2-5,7-10,13-14H,6,11-12H2,1H3,(H3,26,27,33)(H,28,31,32). The largest absolute Gasteiger partial charge is 0.365 e. The summed E-state index contributed by atoms with van der Waals surface area (Å²) in [5.41, 5.74) is 4.29. The summed E-state index contributed by atoms with van der Waals surface area (Å²) >= 11 is 3.95. The lowest BCUT2D eigenvalue weighted by molar-refractivity contribution is -0.122. The van der Waals surface area contributed by atoms with Crippen molar-refractivity contribution in [3.63, 3.8) is 0 Å². The van der Waals surface area contributed by atoms with E-state index in [0.717, 1.165) is 39.4 Å². The number of para-hydroxylation sites is 2. The molecule has 7 nitrogen and oxygen atoms in total. The first-order valence-corrected chi connectivity index (χ1v) is 11.1. The lowest BCUT2D eigenvalue weighted by Gasteiger charge is -2.06. The van der Waals surface area contributed by atoms with Gasteiger partial charge in [0.1, 0.15) is 0 Å². The molecule has 0 bridgehead atoms. The van der Waals surface area contributed by atoms with Crippen molar-refractivity contribution in [3.8, 4) is 0 Å². The number of amides is 2. The SMILES string of the molecule is Cn1cc(C2=C(c3cn(CCCNC(=N)S)c4ccccc34)C(=O)NC2=O)c2ccccc21. The van der Waals surface area contributed by atoms with Crippen LogP contribution in [0.2, 0.25) is 0 Å². The molecule has 2 aromatic heterocycles. The van der Waals surface area contributed by atoms with E-state index in [1.54, 1.807) is 0 Å². The highest BCUT2D eigenvalue weighted by Crippen LogP contribution is 2.38. The molecule has 0 aliphatic carbocycles. The molecule has 3 N–H and O–H groups in total. The van der Waals surface area contributed by atoms with Crippen LogP contribution in [-0.4, -0.2) is 32.7 Å². The van der Waals surface area contributed by atoms with Gasteiger partial charge in [-0.15, -0.1) is 12.6 Å². The van der Waals surface area contributed by atoms with Gasteiger partial charge in [0.15, 0.2) is 5.17 Å². The number of nitrogens with zero attached hydrogens (tertiary/aromatic N) is 2. The summed E-state index contributed by atoms with van der Waals surface area (Å²) < 4.78 is 4.07. The molecule has 0 fully saturated rings. The number of fused-ring (bicyclic) bond motifs is 2. The summed E-state index contributed by atoms with van der Waals surface area (Å²) in [4.78, 5) is 26.1. The molecular weight excluding hydrogens is 434 g/mol. The number of amidine groups is 1. The molecule has 0 saturated carbocycles. The zero-order valence-corrected chi connectivity index (χ0v) is 18.9. The number of benzene rings is 2. The molecule has 3 heterocycles. The minimum absolute atomic E-state index is 0.138. The maximum atomic E-state index is 13.1. The summed E-state index contributed by atoms with van der Waals surface area (Å²) in [5, 5.41) is 14.8. The molecule has 5 rings (SSSR count). The van der Waals surface area contributed by atoms with Gasteiger partial charge in [-0.25, -0.2) is 0 Å². The van der Waals surface area contributed by atoms with Crippen molar-refractivity contribution >= 4 is 62.6 Å². The maximum absolute atomic E-state index is 13.1. The van der Waals surface area contributed by atoms with Crippen molar-refractivity contribution in [2.75, 3.05) is 6.54 Å². The number of thiol groups is 1. The van der Waals surface area contributed by atoms with Gasteiger partial charge in [0.25, 0.3) is 11.8 Å². The Morgan fingerprint density at radius 1 is 0.939 bits per heavy atom. The lowest BCUT2D eigenvalue weighted by Crippen LogP contribution is -2.22. The molecule has 0 unspecified atom stereocenters. The third-order valence-corrected chi connectivity index (χ3v) is 6.18. The van der Waals surface area contributed by atoms with Gasteiger partial charge in [0.2, 0.25) is 0 Å². The topological polar surface area (TPSA) is 91.9 Å². The van der Waals surface area contributed by atoms with E-state index in [9.17, 15) is 9.59 Å². The highest BCUT2D eigenvalue weighted by Gasteiger charge is 2.35. The van der Waals surface area contributed by atoms with Crippen LogP contribution in [0.15, 0.2) is 60.9 Å². The number of hydrogen-bond acceptors (Lipinski definition) is 3. The normalized spacial score (nSPS) is 13.9. The number of aromatic nitrogens is 2. The van der Waals surface area contributed by atoms with Crippen molar-refractivity contribution < 1.29 is 9.59 Å². The van der Waals surface area contributed by atoms with Crippen molar-refractivity contribution in [1.82, 2.24) is 19.8 Å². The van der Waals surface area contributed by atoms with E-state index >= 15 is 0 Å². The number of rotatable bonds is 6. The molecule has 2 amide bonds. The summed E-state index contributed by atoms with van der Waals surface area (Å²) in [6, 6.07) is 15.8. The molecule has 1 aliphatic rings. The second-order valence-electron chi connectivity index (χ2n) is 8.09. The quantitative estimate of drug-likeness (QED) is 0.117. The first-order chi connectivity index (χ1) is 16.0. The van der Waals surface area contributed by atoms with Crippen molar-refractivity contribution in [2.24, 2.45) is 7.05 Å². The van der Waals surface area contributed by atoms with Crippen LogP contribution in [0.1, 0.15) is 17.5 Å². The molecular formula is C25H23N5O2S. The molecule has 0 saturated heterocycles. The third-order valence-electron chi connectivity index (χ3n) is 6.02. The van der Waals surface area contributed by atoms with E-state index in [4.69, 9.17) is 5.41 Å². The fraction of sp³-hybridized carbons (Fsp3) is 0.160. The van der Waals surface area contributed by atoms with Gasteiger partial charge in [0.05, 0.1) is 11.1 Å². The zero-order valence-electron chi connectivity index (χ0n) is 18.1. The number of carbonyl (C=O) groups excluding carboxylic acids is 2. The van der Waals surface area contributed by atoms with Crippen molar-refractivity contribution in [2.45, 2.75) is 13.0 Å². The van der Waals surface area contributed by atoms with Crippen LogP contribution in [-0.2, 0) is 23.2 Å². The third kappa shape index (κ3) is 3.62. The fourth-order valence-electron chi connectivity index (χ4n) is 4.60. The molecule has 0 spiro atoms. The van der Waals surface area contributed by atoms with Gasteiger partial charge in [-0.1, -0.05) is 36.4 Å². The van der Waals surface area contributed by atoms with Gasteiger partial charge in [0, 0.05) is 65.5 Å². The van der Waals surface area contributed by atoms with Gasteiger partial charge in [-0.05, 0) is 18.6 Å². The minimum Gasteiger partial charge on any atom is -0.365 e. The summed E-state index contributed by atoms with van der Waals surface area (Å²) in [6.07, 6.45) is 4.65. The Morgan fingerprint density at radius 2 is 1.52 bits per heavy atom. The average Bonchev–Trinajstić information content (AvgIpc) is 3.42. The van der Waals surface area contributed by atoms with Crippen LogP contribution < -0.4 is 10.6 Å². The van der Waals surface area contributed by atoms with Crippen molar-refractivity contribution in [1.29, 1.82) is 5.41 Å². The monoisotopic (exact) mass is 457 g/mol. The second-order valence-corrected chi connectivity index (χ2v) is 8.53. The predicted molar refractivity (Wildman–Crippen MR) is 134 cm³/mol. The molecule has 33 heavy (non-hydrogen) atoms. The molecule has 1 aliphatic heterocycles. The van der Waals surface area contributed by atoms with Crippen LogP contribution in [0.25, 0.3) is 33.0 Å². The van der Waals surface area contributed by atoms with Gasteiger partial charge < -0.3 is 14.5 Å². The van der Waals surface area contributed by atoms with Crippen LogP contribution in [0.3, 0.4) is 0 Å². The Hall–Kier alpha value is -3.78. The molecule has 2 aromatic carbocycles.